The number of aromatic nitrogens is 3. The van der Waals surface area contributed by atoms with E-state index in [9.17, 15) is 27.9 Å². The summed E-state index contributed by atoms with van der Waals surface area (Å²) in [5.41, 5.74) is 1.41. The van der Waals surface area contributed by atoms with Gasteiger partial charge in [-0.2, -0.15) is 23.0 Å². The molecule has 0 saturated heterocycles. The highest BCUT2D eigenvalue weighted by Crippen LogP contribution is 2.33. The van der Waals surface area contributed by atoms with Gasteiger partial charge in [-0.3, -0.25) is 4.79 Å². The van der Waals surface area contributed by atoms with Crippen LogP contribution < -0.4 is 10.1 Å². The number of para-hydroxylation sites is 2. The smallest absolute Gasteiger partial charge is 0.435 e. The highest BCUT2D eigenvalue weighted by molar-refractivity contribution is 6.32. The van der Waals surface area contributed by atoms with Gasteiger partial charge in [0.15, 0.2) is 12.3 Å². The number of carbonyl (C=O) groups excluding carboxylic acids is 1. The van der Waals surface area contributed by atoms with Crippen LogP contribution in [0.15, 0.2) is 54.7 Å². The Labute approximate surface area is 207 Å². The van der Waals surface area contributed by atoms with Crippen molar-refractivity contribution in [3.8, 4) is 11.6 Å². The van der Waals surface area contributed by atoms with Crippen LogP contribution in [0.4, 0.5) is 13.2 Å². The average Bonchev–Trinajstić information content (AvgIpc) is 3.43. The fourth-order valence-corrected chi connectivity index (χ4v) is 3.95. The van der Waals surface area contributed by atoms with Crippen molar-refractivity contribution < 1.29 is 32.6 Å². The first-order valence-corrected chi connectivity index (χ1v) is 11.0. The van der Waals surface area contributed by atoms with Crippen LogP contribution in [0.25, 0.3) is 16.6 Å². The van der Waals surface area contributed by atoms with Crippen molar-refractivity contribution in [3.05, 3.63) is 76.6 Å². The van der Waals surface area contributed by atoms with Crippen LogP contribution >= 0.6 is 11.6 Å². The largest absolute Gasteiger partial charge is 0.480 e. The number of ether oxygens (including phenoxy) is 1. The molecule has 1 amide bonds. The van der Waals surface area contributed by atoms with Crippen LogP contribution in [0, 0.1) is 6.92 Å². The Hall–Kier alpha value is -3.99. The molecule has 4 aromatic rings. The number of carbonyl (C=O) groups is 2. The van der Waals surface area contributed by atoms with Crippen molar-refractivity contribution >= 4 is 34.4 Å². The first-order chi connectivity index (χ1) is 17.0. The molecule has 1 atom stereocenters. The quantitative estimate of drug-likeness (QED) is 0.316. The molecule has 2 aromatic carbocycles. The van der Waals surface area contributed by atoms with Gasteiger partial charge in [-0.1, -0.05) is 41.9 Å². The second kappa shape index (κ2) is 9.94. The summed E-state index contributed by atoms with van der Waals surface area (Å²) in [6.07, 6.45) is -3.10. The third-order valence-electron chi connectivity index (χ3n) is 5.47. The molecule has 0 aliphatic carbocycles. The summed E-state index contributed by atoms with van der Waals surface area (Å²) in [6.45, 7) is 1.16. The topological polar surface area (TPSA) is 109 Å². The number of hydrogen-bond acceptors (Lipinski definition) is 4. The predicted octanol–water partition coefficient (Wildman–Crippen LogP) is 4.53. The standard InChI is InChI=1S/C24H20ClF3N4O4/c1-13-5-4-6-15-14(11-29-22(13)15)9-17(23(34)35)30-20(33)12-36-21-10-19(24(26,27)28)31-32(21)18-8-3-2-7-16(18)25/h2-8,10-11,17,29H,9,12H2,1H3,(H,30,33)(H,34,35)/t17-/m0/s1. The lowest BCUT2D eigenvalue weighted by Crippen LogP contribution is -2.44. The number of amides is 1. The van der Waals surface area contributed by atoms with Gasteiger partial charge in [0, 0.05) is 29.6 Å². The zero-order chi connectivity index (χ0) is 26.0. The normalized spacial score (nSPS) is 12.5. The molecule has 0 unspecified atom stereocenters. The number of carboxylic acid groups (broad SMARTS) is 1. The molecule has 8 nitrogen and oxygen atoms in total. The Morgan fingerprint density at radius 2 is 1.97 bits per heavy atom. The van der Waals surface area contributed by atoms with E-state index in [2.05, 4.69) is 15.4 Å². The van der Waals surface area contributed by atoms with Gasteiger partial charge >= 0.3 is 12.1 Å². The number of alkyl halides is 3. The van der Waals surface area contributed by atoms with E-state index < -0.39 is 36.4 Å². The van der Waals surface area contributed by atoms with Gasteiger partial charge < -0.3 is 20.1 Å². The van der Waals surface area contributed by atoms with Crippen LogP contribution in [0.3, 0.4) is 0 Å². The zero-order valence-electron chi connectivity index (χ0n) is 18.8. The van der Waals surface area contributed by atoms with Crippen molar-refractivity contribution in [3.63, 3.8) is 0 Å². The molecule has 2 heterocycles. The fourth-order valence-electron chi connectivity index (χ4n) is 3.73. The Kier molecular flexibility index (Phi) is 6.93. The maximum absolute atomic E-state index is 13.3. The van der Waals surface area contributed by atoms with Crippen molar-refractivity contribution in [2.75, 3.05) is 6.61 Å². The Bertz CT molecular complexity index is 1430. The van der Waals surface area contributed by atoms with Gasteiger partial charge in [-0.15, -0.1) is 0 Å². The average molecular weight is 521 g/mol. The van der Waals surface area contributed by atoms with Crippen LogP contribution in [0.1, 0.15) is 16.8 Å². The number of H-pyrrole nitrogens is 1. The highest BCUT2D eigenvalue weighted by Gasteiger charge is 2.36. The number of fused-ring (bicyclic) bond motifs is 1. The summed E-state index contributed by atoms with van der Waals surface area (Å²) in [5, 5.41) is 16.4. The highest BCUT2D eigenvalue weighted by atomic mass is 35.5. The number of nitrogens with zero attached hydrogens (tertiary/aromatic N) is 2. The van der Waals surface area contributed by atoms with Crippen molar-refractivity contribution in [1.29, 1.82) is 0 Å². The second-order valence-corrected chi connectivity index (χ2v) is 8.40. The van der Waals surface area contributed by atoms with Crippen LogP contribution in [0.5, 0.6) is 5.88 Å². The summed E-state index contributed by atoms with van der Waals surface area (Å²) in [4.78, 5) is 27.4. The minimum absolute atomic E-state index is 0.0136. The Morgan fingerprint density at radius 3 is 2.67 bits per heavy atom. The second-order valence-electron chi connectivity index (χ2n) is 7.99. The molecule has 188 valence electrons. The number of halogens is 4. The third-order valence-corrected chi connectivity index (χ3v) is 5.79. The molecule has 0 radical (unpaired) electrons. The molecule has 0 aliphatic heterocycles. The van der Waals surface area contributed by atoms with E-state index in [1.807, 2.05) is 25.1 Å². The molecular weight excluding hydrogens is 501 g/mol. The van der Waals surface area contributed by atoms with Crippen molar-refractivity contribution in [2.24, 2.45) is 0 Å². The van der Waals surface area contributed by atoms with E-state index in [1.165, 1.54) is 12.1 Å². The number of aromatic amines is 1. The van der Waals surface area contributed by atoms with Crippen molar-refractivity contribution in [1.82, 2.24) is 20.1 Å². The van der Waals surface area contributed by atoms with Gasteiger partial charge in [0.1, 0.15) is 6.04 Å². The first-order valence-electron chi connectivity index (χ1n) is 10.7. The molecule has 0 aliphatic rings. The monoisotopic (exact) mass is 520 g/mol. The first kappa shape index (κ1) is 25.1. The molecule has 2 aromatic heterocycles. The van der Waals surface area contributed by atoms with Crippen LogP contribution in [-0.2, 0) is 22.2 Å². The lowest BCUT2D eigenvalue weighted by molar-refractivity contribution is -0.142. The zero-order valence-corrected chi connectivity index (χ0v) is 19.5. The summed E-state index contributed by atoms with van der Waals surface area (Å²) in [7, 11) is 0. The van der Waals surface area contributed by atoms with E-state index in [1.54, 1.807) is 18.3 Å². The van der Waals surface area contributed by atoms with E-state index in [4.69, 9.17) is 16.3 Å². The summed E-state index contributed by atoms with van der Waals surface area (Å²) in [6, 6.07) is 11.0. The molecule has 12 heteroatoms. The number of rotatable bonds is 8. The van der Waals surface area contributed by atoms with Gasteiger partial charge in [0.25, 0.3) is 5.91 Å². The van der Waals surface area contributed by atoms with Crippen LogP contribution in [0.2, 0.25) is 5.02 Å². The maximum atomic E-state index is 13.3. The summed E-state index contributed by atoms with van der Waals surface area (Å²) < 4.78 is 45.9. The van der Waals surface area contributed by atoms with Crippen molar-refractivity contribution in [2.45, 2.75) is 25.6 Å². The van der Waals surface area contributed by atoms with Crippen LogP contribution in [-0.4, -0.2) is 44.4 Å². The predicted molar refractivity (Wildman–Crippen MR) is 125 cm³/mol. The lowest BCUT2D eigenvalue weighted by Gasteiger charge is -2.15. The Morgan fingerprint density at radius 1 is 1.22 bits per heavy atom. The number of nitrogens with one attached hydrogen (secondary N) is 2. The SMILES string of the molecule is Cc1cccc2c(C[C@H](NC(=O)COc3cc(C(F)(F)F)nn3-c3ccccc3Cl)C(=O)O)c[nH]c12. The fraction of sp³-hybridized carbons (Fsp3) is 0.208. The van der Waals surface area contributed by atoms with Gasteiger partial charge in [-0.25, -0.2) is 4.79 Å². The van der Waals surface area contributed by atoms with E-state index in [0.717, 1.165) is 21.1 Å². The maximum Gasteiger partial charge on any atom is 0.435 e. The molecule has 0 spiro atoms. The van der Waals surface area contributed by atoms with E-state index in [0.29, 0.717) is 11.6 Å². The lowest BCUT2D eigenvalue weighted by atomic mass is 10.0. The van der Waals surface area contributed by atoms with Gasteiger partial charge in [0.2, 0.25) is 5.88 Å². The molecule has 4 rings (SSSR count). The summed E-state index contributed by atoms with van der Waals surface area (Å²) in [5.74, 6) is -2.49. The number of carboxylic acids is 1. The molecule has 0 bridgehead atoms. The number of benzene rings is 2. The molecular formula is C24H20ClF3N4O4. The van der Waals surface area contributed by atoms with E-state index in [-0.39, 0.29) is 23.0 Å². The minimum atomic E-state index is -4.76. The van der Waals surface area contributed by atoms with E-state index >= 15 is 0 Å². The third kappa shape index (κ3) is 5.30. The number of aryl methyl sites for hydroxylation is 1. The number of hydrogen-bond donors (Lipinski definition) is 3. The number of aliphatic carboxylic acids is 1. The summed E-state index contributed by atoms with van der Waals surface area (Å²) >= 11 is 6.09. The minimum Gasteiger partial charge on any atom is -0.480 e. The molecule has 36 heavy (non-hydrogen) atoms. The molecule has 3 N–H and O–H groups in total. The molecule has 0 fully saturated rings. The molecule has 0 saturated carbocycles. The van der Waals surface area contributed by atoms with Gasteiger partial charge in [0.05, 0.1) is 10.7 Å². The van der Waals surface area contributed by atoms with Gasteiger partial charge in [-0.05, 0) is 30.2 Å². The Balaban J connectivity index is 1.50.